The molecule has 0 atom stereocenters. The topological polar surface area (TPSA) is 0 Å². The highest BCUT2D eigenvalue weighted by molar-refractivity contribution is 9.25. The third-order valence-corrected chi connectivity index (χ3v) is 4.79. The maximum absolute atomic E-state index is 3.72. The van der Waals surface area contributed by atoms with Gasteiger partial charge in [-0.05, 0) is 17.8 Å². The SMILES string of the molecule is CC(C)CC(Br)(Br)C(C)(C)C. The van der Waals surface area contributed by atoms with Crippen LogP contribution in [-0.2, 0) is 0 Å². The van der Waals surface area contributed by atoms with Crippen LogP contribution in [0.15, 0.2) is 0 Å². The van der Waals surface area contributed by atoms with E-state index in [0.29, 0.717) is 5.92 Å². The van der Waals surface area contributed by atoms with Crippen molar-refractivity contribution in [3.63, 3.8) is 0 Å². The molecule has 0 aliphatic rings. The summed E-state index contributed by atoms with van der Waals surface area (Å²) in [5.74, 6) is 0.716. The molecule has 0 N–H and O–H groups in total. The number of hydrogen-bond donors (Lipinski definition) is 0. The fourth-order valence-electron chi connectivity index (χ4n) is 0.819. The molecule has 0 spiro atoms. The Morgan fingerprint density at radius 2 is 1.45 bits per heavy atom. The van der Waals surface area contributed by atoms with E-state index in [4.69, 9.17) is 0 Å². The first-order valence-electron chi connectivity index (χ1n) is 4.04. The van der Waals surface area contributed by atoms with Gasteiger partial charge in [-0.3, -0.25) is 0 Å². The standard InChI is InChI=1S/C9H18Br2/c1-7(2)6-9(10,11)8(3,4)5/h7H,6H2,1-5H3. The van der Waals surface area contributed by atoms with Gasteiger partial charge in [-0.1, -0.05) is 66.5 Å². The first kappa shape index (κ1) is 12.0. The van der Waals surface area contributed by atoms with E-state index in [0.717, 1.165) is 6.42 Å². The van der Waals surface area contributed by atoms with Crippen molar-refractivity contribution in [1.82, 2.24) is 0 Å². The molecule has 2 heteroatoms. The minimum absolute atomic E-state index is 0.0845. The van der Waals surface area contributed by atoms with E-state index in [1.54, 1.807) is 0 Å². The normalized spacial score (nSPS) is 14.2. The van der Waals surface area contributed by atoms with Gasteiger partial charge in [-0.2, -0.15) is 0 Å². The predicted octanol–water partition coefficient (Wildman–Crippen LogP) is 4.56. The van der Waals surface area contributed by atoms with Crippen molar-refractivity contribution in [1.29, 1.82) is 0 Å². The van der Waals surface area contributed by atoms with Crippen LogP contribution in [-0.4, -0.2) is 3.23 Å². The first-order chi connectivity index (χ1) is 4.67. The Bertz CT molecular complexity index is 120. The lowest BCUT2D eigenvalue weighted by Gasteiger charge is -2.36. The quantitative estimate of drug-likeness (QED) is 0.652. The zero-order valence-electron chi connectivity index (χ0n) is 8.04. The molecule has 0 unspecified atom stereocenters. The minimum atomic E-state index is 0.0845. The Labute approximate surface area is 87.4 Å². The zero-order valence-corrected chi connectivity index (χ0v) is 11.2. The van der Waals surface area contributed by atoms with Crippen molar-refractivity contribution in [3.05, 3.63) is 0 Å². The number of halogens is 2. The van der Waals surface area contributed by atoms with E-state index >= 15 is 0 Å². The van der Waals surface area contributed by atoms with Gasteiger partial charge in [-0.25, -0.2) is 0 Å². The second kappa shape index (κ2) is 3.78. The Hall–Kier alpha value is 0.960. The molecule has 68 valence electrons. The monoisotopic (exact) mass is 284 g/mol. The van der Waals surface area contributed by atoms with Gasteiger partial charge in [0.2, 0.25) is 0 Å². The van der Waals surface area contributed by atoms with Crippen LogP contribution in [0.4, 0.5) is 0 Å². The molecule has 0 aromatic heterocycles. The van der Waals surface area contributed by atoms with Crippen LogP contribution < -0.4 is 0 Å². The summed E-state index contributed by atoms with van der Waals surface area (Å²) in [4.78, 5) is 0. The summed E-state index contributed by atoms with van der Waals surface area (Å²) in [6.07, 6.45) is 1.15. The number of alkyl halides is 2. The Balaban J connectivity index is 4.22. The molecule has 0 aliphatic heterocycles. The lowest BCUT2D eigenvalue weighted by Crippen LogP contribution is -2.31. The maximum Gasteiger partial charge on any atom is 0.0856 e. The highest BCUT2D eigenvalue weighted by atomic mass is 79.9. The summed E-state index contributed by atoms with van der Waals surface area (Å²) in [5.41, 5.74) is 0.261. The Kier molecular flexibility index (Phi) is 4.11. The van der Waals surface area contributed by atoms with Gasteiger partial charge >= 0.3 is 0 Å². The lowest BCUT2D eigenvalue weighted by atomic mass is 9.87. The zero-order chi connectivity index (χ0) is 9.28. The molecule has 0 saturated heterocycles. The lowest BCUT2D eigenvalue weighted by molar-refractivity contribution is 0.337. The summed E-state index contributed by atoms with van der Waals surface area (Å²) in [5, 5.41) is 0. The van der Waals surface area contributed by atoms with Gasteiger partial charge in [0, 0.05) is 0 Å². The smallest absolute Gasteiger partial charge is 0.0721 e. The van der Waals surface area contributed by atoms with Gasteiger partial charge < -0.3 is 0 Å². The molecule has 0 fully saturated rings. The van der Waals surface area contributed by atoms with Gasteiger partial charge in [0.25, 0.3) is 0 Å². The van der Waals surface area contributed by atoms with Crippen LogP contribution in [0.1, 0.15) is 41.0 Å². The van der Waals surface area contributed by atoms with Crippen molar-refractivity contribution >= 4 is 31.9 Å². The Morgan fingerprint density at radius 1 is 1.09 bits per heavy atom. The van der Waals surface area contributed by atoms with Gasteiger partial charge in [0.15, 0.2) is 0 Å². The highest BCUT2D eigenvalue weighted by Gasteiger charge is 2.37. The second-order valence-electron chi connectivity index (χ2n) is 4.55. The Morgan fingerprint density at radius 3 is 1.55 bits per heavy atom. The highest BCUT2D eigenvalue weighted by Crippen LogP contribution is 2.47. The number of hydrogen-bond acceptors (Lipinski definition) is 0. The van der Waals surface area contributed by atoms with E-state index < -0.39 is 0 Å². The summed E-state index contributed by atoms with van der Waals surface area (Å²) in [6.45, 7) is 11.2. The minimum Gasteiger partial charge on any atom is -0.0721 e. The van der Waals surface area contributed by atoms with E-state index in [1.807, 2.05) is 0 Å². The third-order valence-electron chi connectivity index (χ3n) is 1.76. The summed E-state index contributed by atoms with van der Waals surface area (Å²) in [7, 11) is 0. The van der Waals surface area contributed by atoms with Crippen LogP contribution in [0, 0.1) is 11.3 Å². The summed E-state index contributed by atoms with van der Waals surface area (Å²) in [6, 6.07) is 0. The fourth-order valence-corrected chi connectivity index (χ4v) is 2.11. The fraction of sp³-hybridized carbons (Fsp3) is 1.00. The van der Waals surface area contributed by atoms with Crippen LogP contribution in [0.25, 0.3) is 0 Å². The average Bonchev–Trinajstić information content (AvgIpc) is 1.56. The molecule has 0 aromatic rings. The largest absolute Gasteiger partial charge is 0.0856 e. The van der Waals surface area contributed by atoms with Crippen LogP contribution in [0.3, 0.4) is 0 Å². The summed E-state index contributed by atoms with van der Waals surface area (Å²) < 4.78 is 0.0845. The molecule has 0 heterocycles. The molecule has 0 amide bonds. The van der Waals surface area contributed by atoms with E-state index in [2.05, 4.69) is 66.5 Å². The van der Waals surface area contributed by atoms with Crippen LogP contribution in [0.5, 0.6) is 0 Å². The second-order valence-corrected chi connectivity index (χ2v) is 8.32. The molecule has 0 nitrogen and oxygen atoms in total. The molecule has 11 heavy (non-hydrogen) atoms. The third kappa shape index (κ3) is 3.93. The predicted molar refractivity (Wildman–Crippen MR) is 59.5 cm³/mol. The molecule has 0 rings (SSSR count). The van der Waals surface area contributed by atoms with Gasteiger partial charge in [0.05, 0.1) is 3.23 Å². The molecule has 0 radical (unpaired) electrons. The average molecular weight is 286 g/mol. The van der Waals surface area contributed by atoms with E-state index in [9.17, 15) is 0 Å². The molecule has 0 saturated carbocycles. The van der Waals surface area contributed by atoms with Crippen molar-refractivity contribution in [2.24, 2.45) is 11.3 Å². The van der Waals surface area contributed by atoms with Gasteiger partial charge in [-0.15, -0.1) is 0 Å². The van der Waals surface area contributed by atoms with Crippen molar-refractivity contribution in [2.75, 3.05) is 0 Å². The molecular weight excluding hydrogens is 268 g/mol. The summed E-state index contributed by atoms with van der Waals surface area (Å²) >= 11 is 7.44. The van der Waals surface area contributed by atoms with Crippen LogP contribution >= 0.6 is 31.9 Å². The van der Waals surface area contributed by atoms with Crippen molar-refractivity contribution < 1.29 is 0 Å². The van der Waals surface area contributed by atoms with Crippen molar-refractivity contribution in [3.8, 4) is 0 Å². The van der Waals surface area contributed by atoms with E-state index in [1.165, 1.54) is 0 Å². The number of rotatable bonds is 2. The first-order valence-corrected chi connectivity index (χ1v) is 5.63. The molecule has 0 bridgehead atoms. The molecule has 0 aromatic carbocycles. The van der Waals surface area contributed by atoms with E-state index in [-0.39, 0.29) is 8.65 Å². The van der Waals surface area contributed by atoms with Crippen molar-refractivity contribution in [2.45, 2.75) is 44.3 Å². The maximum atomic E-state index is 3.72. The van der Waals surface area contributed by atoms with Crippen LogP contribution in [0.2, 0.25) is 0 Å². The molecular formula is C9H18Br2. The van der Waals surface area contributed by atoms with Gasteiger partial charge in [0.1, 0.15) is 0 Å². The molecule has 0 aliphatic carbocycles.